The van der Waals surface area contributed by atoms with Gasteiger partial charge in [0.1, 0.15) is 11.6 Å². The van der Waals surface area contributed by atoms with Crippen molar-refractivity contribution in [3.8, 4) is 6.07 Å². The summed E-state index contributed by atoms with van der Waals surface area (Å²) in [6.07, 6.45) is 1.54. The van der Waals surface area contributed by atoms with Crippen molar-refractivity contribution in [3.05, 3.63) is 34.9 Å². The molecule has 110 valence electrons. The maximum atomic E-state index is 11.7. The Labute approximate surface area is 122 Å². The normalized spacial score (nSPS) is 10.4. The molecule has 2 aromatic rings. The van der Waals surface area contributed by atoms with Crippen molar-refractivity contribution in [2.24, 2.45) is 0 Å². The van der Waals surface area contributed by atoms with Gasteiger partial charge < -0.3 is 4.74 Å². The molecule has 0 N–H and O–H groups in total. The summed E-state index contributed by atoms with van der Waals surface area (Å²) in [7, 11) is 0. The summed E-state index contributed by atoms with van der Waals surface area (Å²) in [4.78, 5) is 11.7. The third-order valence-corrected chi connectivity index (χ3v) is 3.01. The van der Waals surface area contributed by atoms with Crippen molar-refractivity contribution >= 4 is 5.97 Å². The average molecular weight is 287 g/mol. The summed E-state index contributed by atoms with van der Waals surface area (Å²) in [6.45, 7) is 7.04. The molecule has 21 heavy (non-hydrogen) atoms. The van der Waals surface area contributed by atoms with Gasteiger partial charge in [-0.25, -0.2) is 4.79 Å². The van der Waals surface area contributed by atoms with E-state index in [0.717, 1.165) is 11.4 Å². The molecule has 2 aromatic heterocycles. The minimum Gasteiger partial charge on any atom is -0.462 e. The van der Waals surface area contributed by atoms with Crippen molar-refractivity contribution in [1.29, 1.82) is 5.26 Å². The third kappa shape index (κ3) is 3.28. The first-order valence-corrected chi connectivity index (χ1v) is 6.71. The van der Waals surface area contributed by atoms with Crippen LogP contribution in [0.1, 0.15) is 34.4 Å². The Bertz CT molecular complexity index is 693. The molecule has 0 amide bonds. The summed E-state index contributed by atoms with van der Waals surface area (Å²) in [5.41, 5.74) is 2.30. The number of aryl methyl sites for hydroxylation is 4. The Morgan fingerprint density at radius 1 is 1.38 bits per heavy atom. The lowest BCUT2D eigenvalue weighted by Crippen LogP contribution is -2.10. The summed E-state index contributed by atoms with van der Waals surface area (Å²) < 4.78 is 8.35. The van der Waals surface area contributed by atoms with Crippen LogP contribution in [0.2, 0.25) is 0 Å². The van der Waals surface area contributed by atoms with E-state index in [0.29, 0.717) is 13.1 Å². The number of nitriles is 1. The molecule has 0 spiro atoms. The third-order valence-electron chi connectivity index (χ3n) is 3.01. The van der Waals surface area contributed by atoms with Crippen LogP contribution in [0.5, 0.6) is 0 Å². The Kier molecular flexibility index (Phi) is 4.38. The highest BCUT2D eigenvalue weighted by atomic mass is 16.5. The first-order valence-electron chi connectivity index (χ1n) is 6.71. The van der Waals surface area contributed by atoms with Gasteiger partial charge in [-0.3, -0.25) is 9.36 Å². The lowest BCUT2D eigenvalue weighted by atomic mass is 10.3. The van der Waals surface area contributed by atoms with Crippen molar-refractivity contribution in [1.82, 2.24) is 19.6 Å². The summed E-state index contributed by atoms with van der Waals surface area (Å²) in [5, 5.41) is 17.5. The van der Waals surface area contributed by atoms with Gasteiger partial charge in [0.05, 0.1) is 25.4 Å². The predicted octanol–water partition coefficient (Wildman–Crippen LogP) is 1.45. The first kappa shape index (κ1) is 14.8. The second-order valence-electron chi connectivity index (χ2n) is 4.64. The maximum absolute atomic E-state index is 11.7. The van der Waals surface area contributed by atoms with E-state index in [4.69, 9.17) is 10.00 Å². The quantitative estimate of drug-likeness (QED) is 0.777. The molecule has 0 aliphatic carbocycles. The Morgan fingerprint density at radius 3 is 2.71 bits per heavy atom. The summed E-state index contributed by atoms with van der Waals surface area (Å²) in [5.74, 6) is -0.522. The molecule has 0 radical (unpaired) electrons. The van der Waals surface area contributed by atoms with E-state index < -0.39 is 5.97 Å². The van der Waals surface area contributed by atoms with Crippen LogP contribution in [-0.2, 0) is 17.8 Å². The second kappa shape index (κ2) is 6.22. The molecule has 0 aliphatic heterocycles. The van der Waals surface area contributed by atoms with Crippen LogP contribution in [0.4, 0.5) is 0 Å². The highest BCUT2D eigenvalue weighted by Gasteiger charge is 2.17. The number of hydrogen-bond acceptors (Lipinski definition) is 5. The van der Waals surface area contributed by atoms with Crippen LogP contribution in [0.15, 0.2) is 12.3 Å². The van der Waals surface area contributed by atoms with E-state index in [1.54, 1.807) is 17.8 Å². The molecule has 0 saturated carbocycles. The molecule has 0 bridgehead atoms. The first-order chi connectivity index (χ1) is 10.0. The van der Waals surface area contributed by atoms with Crippen LogP contribution >= 0.6 is 0 Å². The number of aromatic nitrogens is 4. The fourth-order valence-corrected chi connectivity index (χ4v) is 2.08. The van der Waals surface area contributed by atoms with Gasteiger partial charge >= 0.3 is 5.97 Å². The van der Waals surface area contributed by atoms with Crippen molar-refractivity contribution in [2.75, 3.05) is 6.61 Å². The molecule has 0 aromatic carbocycles. The zero-order valence-corrected chi connectivity index (χ0v) is 12.3. The molecule has 7 heteroatoms. The minimum absolute atomic E-state index is 0.0850. The lowest BCUT2D eigenvalue weighted by Gasteiger charge is -2.04. The zero-order chi connectivity index (χ0) is 15.4. The van der Waals surface area contributed by atoms with Crippen molar-refractivity contribution < 1.29 is 9.53 Å². The number of hydrogen-bond donors (Lipinski definition) is 0. The minimum atomic E-state index is -0.522. The second-order valence-corrected chi connectivity index (χ2v) is 4.64. The van der Waals surface area contributed by atoms with Crippen LogP contribution in [0.25, 0.3) is 0 Å². The van der Waals surface area contributed by atoms with Crippen LogP contribution in [0.3, 0.4) is 0 Å². The van der Waals surface area contributed by atoms with Gasteiger partial charge in [-0.05, 0) is 26.8 Å². The van der Waals surface area contributed by atoms with Gasteiger partial charge in [-0.2, -0.15) is 15.5 Å². The largest absolute Gasteiger partial charge is 0.462 e. The lowest BCUT2D eigenvalue weighted by molar-refractivity contribution is 0.0526. The smallest absolute Gasteiger partial charge is 0.342 e. The van der Waals surface area contributed by atoms with Gasteiger partial charge in [0.2, 0.25) is 0 Å². The predicted molar refractivity (Wildman–Crippen MR) is 74.6 cm³/mol. The fourth-order valence-electron chi connectivity index (χ4n) is 2.08. The highest BCUT2D eigenvalue weighted by molar-refractivity contribution is 5.91. The molecule has 0 fully saturated rings. The molecule has 0 aliphatic rings. The Balaban J connectivity index is 2.13. The van der Waals surface area contributed by atoms with Gasteiger partial charge in [-0.15, -0.1) is 0 Å². The molecule has 7 nitrogen and oxygen atoms in total. The maximum Gasteiger partial charge on any atom is 0.342 e. The SMILES string of the molecule is CCOC(=O)c1cn(CCn2nc(C)cc2C)nc1C#N. The van der Waals surface area contributed by atoms with Crippen molar-refractivity contribution in [2.45, 2.75) is 33.9 Å². The summed E-state index contributed by atoms with van der Waals surface area (Å²) in [6, 6.07) is 3.91. The van der Waals surface area contributed by atoms with E-state index in [1.165, 1.54) is 0 Å². The number of rotatable bonds is 5. The van der Waals surface area contributed by atoms with E-state index in [2.05, 4.69) is 10.2 Å². The van der Waals surface area contributed by atoms with E-state index in [9.17, 15) is 4.79 Å². The number of esters is 1. The van der Waals surface area contributed by atoms with Crippen molar-refractivity contribution in [3.63, 3.8) is 0 Å². The molecule has 2 heterocycles. The molecule has 0 atom stereocenters. The summed E-state index contributed by atoms with van der Waals surface area (Å²) >= 11 is 0. The van der Waals surface area contributed by atoms with E-state index in [1.807, 2.05) is 30.7 Å². The molecular weight excluding hydrogens is 270 g/mol. The van der Waals surface area contributed by atoms with Crippen LogP contribution in [0, 0.1) is 25.2 Å². The highest BCUT2D eigenvalue weighted by Crippen LogP contribution is 2.09. The Morgan fingerprint density at radius 2 is 2.14 bits per heavy atom. The fraction of sp³-hybridized carbons (Fsp3) is 0.429. The van der Waals surface area contributed by atoms with Gasteiger partial charge in [0.25, 0.3) is 0 Å². The number of carbonyl (C=O) groups is 1. The number of nitrogens with zero attached hydrogens (tertiary/aromatic N) is 5. The average Bonchev–Trinajstić information content (AvgIpc) is 2.99. The van der Waals surface area contributed by atoms with Gasteiger partial charge in [-0.1, -0.05) is 0 Å². The monoisotopic (exact) mass is 287 g/mol. The molecular formula is C14H17N5O2. The molecule has 0 unspecified atom stereocenters. The Hall–Kier alpha value is -2.62. The number of ether oxygens (including phenoxy) is 1. The van der Waals surface area contributed by atoms with Gasteiger partial charge in [0, 0.05) is 11.9 Å². The van der Waals surface area contributed by atoms with E-state index >= 15 is 0 Å². The van der Waals surface area contributed by atoms with Crippen LogP contribution in [-0.4, -0.2) is 32.1 Å². The number of carbonyl (C=O) groups excluding carboxylic acids is 1. The van der Waals surface area contributed by atoms with E-state index in [-0.39, 0.29) is 17.9 Å². The van der Waals surface area contributed by atoms with Crippen LogP contribution < -0.4 is 0 Å². The molecule has 2 rings (SSSR count). The zero-order valence-electron chi connectivity index (χ0n) is 12.3. The topological polar surface area (TPSA) is 85.7 Å². The van der Waals surface area contributed by atoms with Gasteiger partial charge in [0.15, 0.2) is 5.69 Å². The molecule has 0 saturated heterocycles. The standard InChI is InChI=1S/C14H17N5O2/c1-4-21-14(20)12-9-18(17-13(12)8-15)5-6-19-11(3)7-10(2)16-19/h7,9H,4-6H2,1-3H3.